The molecular weight excluding hydrogens is 442 g/mol. The van der Waals surface area contributed by atoms with Crippen LogP contribution in [0.2, 0.25) is 5.02 Å². The second-order valence-corrected chi connectivity index (χ2v) is 7.80. The fraction of sp³-hybridized carbons (Fsp3) is 0. The summed E-state index contributed by atoms with van der Waals surface area (Å²) in [5.41, 5.74) is 2.69. The van der Waals surface area contributed by atoms with Crippen LogP contribution in [0.15, 0.2) is 77.5 Å². The molecule has 0 radical (unpaired) electrons. The Hall–Kier alpha value is -4.43. The van der Waals surface area contributed by atoms with Gasteiger partial charge in [0, 0.05) is 27.4 Å². The minimum absolute atomic E-state index is 0.168. The number of furan rings is 1. The number of benzene rings is 3. The predicted octanol–water partition coefficient (Wildman–Crippen LogP) is 6.21. The van der Waals surface area contributed by atoms with Gasteiger partial charge >= 0.3 is 0 Å². The van der Waals surface area contributed by atoms with Crippen LogP contribution in [0.4, 0.5) is 5.69 Å². The van der Waals surface area contributed by atoms with Gasteiger partial charge in [-0.2, -0.15) is 5.10 Å². The normalized spacial score (nSPS) is 11.4. The van der Waals surface area contributed by atoms with E-state index in [0.29, 0.717) is 49.6 Å². The van der Waals surface area contributed by atoms with E-state index in [1.165, 1.54) is 12.3 Å². The van der Waals surface area contributed by atoms with Crippen LogP contribution in [0.1, 0.15) is 0 Å². The van der Waals surface area contributed by atoms with Crippen molar-refractivity contribution in [2.45, 2.75) is 0 Å². The molecule has 3 aromatic carbocycles. The summed E-state index contributed by atoms with van der Waals surface area (Å²) in [6.07, 6.45) is 3.05. The number of halogens is 1. The molecule has 33 heavy (non-hydrogen) atoms. The quantitative estimate of drug-likeness (QED) is 0.231. The second-order valence-electron chi connectivity index (χ2n) is 7.39. The van der Waals surface area contributed by atoms with E-state index in [9.17, 15) is 10.1 Å². The summed E-state index contributed by atoms with van der Waals surface area (Å²) in [4.78, 5) is 20.8. The Morgan fingerprint density at radius 2 is 1.76 bits per heavy atom. The first kappa shape index (κ1) is 19.3. The van der Waals surface area contributed by atoms with E-state index >= 15 is 0 Å². The largest absolute Gasteiger partial charge is 0.454 e. The topological polar surface area (TPSA) is 108 Å². The van der Waals surface area contributed by atoms with Crippen LogP contribution < -0.4 is 0 Å². The molecule has 0 saturated heterocycles. The molecule has 158 valence electrons. The Balaban J connectivity index is 1.76. The van der Waals surface area contributed by atoms with Crippen LogP contribution in [-0.2, 0) is 0 Å². The molecule has 0 fully saturated rings. The Morgan fingerprint density at radius 1 is 0.939 bits per heavy atom. The minimum atomic E-state index is -0.486. The minimum Gasteiger partial charge on any atom is -0.454 e. The van der Waals surface area contributed by atoms with E-state index in [0.717, 1.165) is 5.39 Å². The third kappa shape index (κ3) is 3.07. The van der Waals surface area contributed by atoms with Crippen molar-refractivity contribution in [1.29, 1.82) is 0 Å². The van der Waals surface area contributed by atoms with Crippen LogP contribution in [0.5, 0.6) is 0 Å². The number of aromatic nitrogens is 4. The first-order valence-corrected chi connectivity index (χ1v) is 10.3. The lowest BCUT2D eigenvalue weighted by atomic mass is 10.0. The molecule has 0 unspecified atom stereocenters. The van der Waals surface area contributed by atoms with Gasteiger partial charge in [0.15, 0.2) is 11.3 Å². The maximum Gasteiger partial charge on any atom is 0.298 e. The molecule has 0 aliphatic rings. The van der Waals surface area contributed by atoms with Crippen molar-refractivity contribution >= 4 is 50.1 Å². The molecule has 0 atom stereocenters. The molecule has 0 N–H and O–H groups in total. The fourth-order valence-electron chi connectivity index (χ4n) is 3.92. The standard InChI is InChI=1S/C24H12ClN5O3/c25-17-7-3-2-6-14(17)23-15-10-19(30(31)32)24-16(11-27-29-24)22(15)26-12-18(28-23)21-9-13-5-1-4-8-20(13)33-21/h1-12H. The van der Waals surface area contributed by atoms with E-state index in [2.05, 4.69) is 15.2 Å². The van der Waals surface area contributed by atoms with Gasteiger partial charge in [0.05, 0.1) is 33.9 Å². The van der Waals surface area contributed by atoms with Gasteiger partial charge in [-0.3, -0.25) is 15.1 Å². The average Bonchev–Trinajstić information content (AvgIpc) is 3.43. The molecule has 0 amide bonds. The summed E-state index contributed by atoms with van der Waals surface area (Å²) in [6.45, 7) is 0. The van der Waals surface area contributed by atoms with Gasteiger partial charge in [-0.15, -0.1) is 5.10 Å². The van der Waals surface area contributed by atoms with Crippen molar-refractivity contribution in [3.63, 3.8) is 0 Å². The van der Waals surface area contributed by atoms with Crippen molar-refractivity contribution in [3.05, 3.63) is 88.2 Å². The monoisotopic (exact) mass is 453 g/mol. The fourth-order valence-corrected chi connectivity index (χ4v) is 4.14. The molecule has 0 aliphatic heterocycles. The highest BCUT2D eigenvalue weighted by Gasteiger charge is 2.22. The van der Waals surface area contributed by atoms with Crippen LogP contribution in [0, 0.1) is 10.1 Å². The zero-order valence-corrected chi connectivity index (χ0v) is 17.5. The highest BCUT2D eigenvalue weighted by molar-refractivity contribution is 6.33. The van der Waals surface area contributed by atoms with Gasteiger partial charge in [-0.05, 0) is 18.2 Å². The second kappa shape index (κ2) is 7.32. The lowest BCUT2D eigenvalue weighted by Crippen LogP contribution is -1.92. The Bertz CT molecular complexity index is 1700. The smallest absolute Gasteiger partial charge is 0.298 e. The molecule has 9 heteroatoms. The van der Waals surface area contributed by atoms with Crippen molar-refractivity contribution in [1.82, 2.24) is 20.2 Å². The molecule has 3 heterocycles. The first-order valence-electron chi connectivity index (χ1n) is 9.93. The number of nitro groups is 1. The van der Waals surface area contributed by atoms with Crippen molar-refractivity contribution in [2.24, 2.45) is 0 Å². The first-order chi connectivity index (χ1) is 16.1. The highest BCUT2D eigenvalue weighted by atomic mass is 35.5. The molecular formula is C24H12ClN5O3. The lowest BCUT2D eigenvalue weighted by Gasteiger charge is -2.05. The average molecular weight is 454 g/mol. The van der Waals surface area contributed by atoms with Crippen LogP contribution in [-0.4, -0.2) is 25.1 Å². The zero-order chi connectivity index (χ0) is 22.5. The van der Waals surface area contributed by atoms with Crippen molar-refractivity contribution < 1.29 is 9.34 Å². The number of nitrogens with zero attached hydrogens (tertiary/aromatic N) is 5. The summed E-state index contributed by atoms with van der Waals surface area (Å²) < 4.78 is 6.01. The number of hydrogen-bond donors (Lipinski definition) is 0. The third-order valence-electron chi connectivity index (χ3n) is 5.44. The highest BCUT2D eigenvalue weighted by Crippen LogP contribution is 2.38. The maximum absolute atomic E-state index is 11.8. The summed E-state index contributed by atoms with van der Waals surface area (Å²) in [5.74, 6) is 0.516. The number of hydrogen-bond acceptors (Lipinski definition) is 7. The van der Waals surface area contributed by atoms with Gasteiger partial charge in [-0.25, -0.2) is 4.98 Å². The summed E-state index contributed by atoms with van der Waals surface area (Å²) in [7, 11) is 0. The van der Waals surface area contributed by atoms with E-state index in [1.54, 1.807) is 18.3 Å². The zero-order valence-electron chi connectivity index (χ0n) is 16.8. The summed E-state index contributed by atoms with van der Waals surface area (Å²) in [6, 6.07) is 18.1. The van der Waals surface area contributed by atoms with E-state index in [-0.39, 0.29) is 11.2 Å². The molecule has 0 aliphatic carbocycles. The Kier molecular flexibility index (Phi) is 4.27. The third-order valence-corrected chi connectivity index (χ3v) is 5.77. The van der Waals surface area contributed by atoms with E-state index in [1.807, 2.05) is 42.5 Å². The van der Waals surface area contributed by atoms with E-state index < -0.39 is 4.92 Å². The summed E-state index contributed by atoms with van der Waals surface area (Å²) >= 11 is 6.52. The van der Waals surface area contributed by atoms with Gasteiger partial charge in [0.25, 0.3) is 5.69 Å². The molecule has 8 nitrogen and oxygen atoms in total. The number of para-hydroxylation sites is 1. The van der Waals surface area contributed by atoms with Gasteiger partial charge in [0.2, 0.25) is 0 Å². The lowest BCUT2D eigenvalue weighted by molar-refractivity contribution is -0.383. The number of nitro benzene ring substituents is 1. The Labute approximate surface area is 190 Å². The summed E-state index contributed by atoms with van der Waals surface area (Å²) in [5, 5.41) is 21.9. The SMILES string of the molecule is O=[N+]([O-])c1cc2c(-c3ccccc3Cl)nc(-c3cc4ccccc4o3)cnc2c2cnnc12. The Morgan fingerprint density at radius 3 is 2.58 bits per heavy atom. The molecule has 0 spiro atoms. The maximum atomic E-state index is 11.8. The molecule has 3 aromatic heterocycles. The van der Waals surface area contributed by atoms with Crippen LogP contribution in [0.25, 0.3) is 55.5 Å². The van der Waals surface area contributed by atoms with Gasteiger partial charge < -0.3 is 4.42 Å². The van der Waals surface area contributed by atoms with Crippen LogP contribution >= 0.6 is 11.6 Å². The molecule has 0 saturated carbocycles. The number of non-ortho nitro benzene ring substituents is 1. The van der Waals surface area contributed by atoms with Gasteiger partial charge in [0.1, 0.15) is 11.3 Å². The molecule has 6 rings (SSSR count). The molecule has 6 aromatic rings. The van der Waals surface area contributed by atoms with Gasteiger partial charge in [-0.1, -0.05) is 48.0 Å². The van der Waals surface area contributed by atoms with Crippen LogP contribution in [0.3, 0.4) is 0 Å². The van der Waals surface area contributed by atoms with E-state index in [4.69, 9.17) is 21.0 Å². The number of fused-ring (bicyclic) bond motifs is 4. The predicted molar refractivity (Wildman–Crippen MR) is 125 cm³/mol. The van der Waals surface area contributed by atoms with Crippen molar-refractivity contribution in [2.75, 3.05) is 0 Å². The molecule has 0 bridgehead atoms. The van der Waals surface area contributed by atoms with Crippen molar-refractivity contribution in [3.8, 4) is 22.7 Å². The number of rotatable bonds is 3.